The lowest BCUT2D eigenvalue weighted by molar-refractivity contribution is 0.0774. The predicted octanol–water partition coefficient (Wildman–Crippen LogP) is 2.02. The Morgan fingerprint density at radius 1 is 1.23 bits per heavy atom. The summed E-state index contributed by atoms with van der Waals surface area (Å²) in [7, 11) is 0. The highest BCUT2D eigenvalue weighted by atomic mass is 16.5. The van der Waals surface area contributed by atoms with Crippen molar-refractivity contribution in [2.24, 2.45) is 5.92 Å². The standard InChI is InChI=1S/C18H18N6O2/c25-18(16-20-8-2-9-21-16)24-10-6-13(12-24)4-5-15-22-17(26-23-15)14-3-1-7-19-11-14/h1-3,7-9,11,13H,4-6,10,12H2. The summed E-state index contributed by atoms with van der Waals surface area (Å²) >= 11 is 0. The van der Waals surface area contributed by atoms with Crippen LogP contribution in [0.15, 0.2) is 47.5 Å². The zero-order valence-electron chi connectivity index (χ0n) is 14.2. The van der Waals surface area contributed by atoms with Gasteiger partial charge in [-0.25, -0.2) is 9.97 Å². The first-order chi connectivity index (χ1) is 12.8. The molecule has 0 radical (unpaired) electrons. The van der Waals surface area contributed by atoms with E-state index in [0.717, 1.165) is 31.4 Å². The largest absolute Gasteiger partial charge is 0.336 e. The Hall–Kier alpha value is -3.16. The van der Waals surface area contributed by atoms with E-state index in [2.05, 4.69) is 25.1 Å². The summed E-state index contributed by atoms with van der Waals surface area (Å²) < 4.78 is 5.30. The number of hydrogen-bond donors (Lipinski definition) is 0. The Labute approximate surface area is 150 Å². The Kier molecular flexibility index (Phi) is 4.63. The highest BCUT2D eigenvalue weighted by Gasteiger charge is 2.28. The van der Waals surface area contributed by atoms with Gasteiger partial charge in [0.2, 0.25) is 5.82 Å². The zero-order chi connectivity index (χ0) is 17.8. The second-order valence-corrected chi connectivity index (χ2v) is 6.27. The van der Waals surface area contributed by atoms with Gasteiger partial charge in [-0.05, 0) is 37.0 Å². The first kappa shape index (κ1) is 16.3. The molecule has 8 nitrogen and oxygen atoms in total. The average molecular weight is 350 g/mol. The molecule has 132 valence electrons. The third-order valence-corrected chi connectivity index (χ3v) is 4.48. The van der Waals surface area contributed by atoms with Crippen LogP contribution >= 0.6 is 0 Å². The van der Waals surface area contributed by atoms with Gasteiger partial charge in [0.1, 0.15) is 0 Å². The van der Waals surface area contributed by atoms with Crippen molar-refractivity contribution in [2.45, 2.75) is 19.3 Å². The number of nitrogens with zero attached hydrogens (tertiary/aromatic N) is 6. The summed E-state index contributed by atoms with van der Waals surface area (Å²) in [6.45, 7) is 1.44. The number of carbonyl (C=O) groups is 1. The number of aromatic nitrogens is 5. The van der Waals surface area contributed by atoms with E-state index in [1.54, 1.807) is 30.9 Å². The Morgan fingerprint density at radius 2 is 2.12 bits per heavy atom. The lowest BCUT2D eigenvalue weighted by Gasteiger charge is -2.15. The topological polar surface area (TPSA) is 97.9 Å². The van der Waals surface area contributed by atoms with Gasteiger partial charge in [-0.2, -0.15) is 4.98 Å². The lowest BCUT2D eigenvalue weighted by Crippen LogP contribution is -2.30. The molecule has 4 rings (SSSR count). The minimum absolute atomic E-state index is 0.105. The van der Waals surface area contributed by atoms with Crippen LogP contribution in [0.25, 0.3) is 11.5 Å². The van der Waals surface area contributed by atoms with Gasteiger partial charge in [-0.1, -0.05) is 5.16 Å². The normalized spacial score (nSPS) is 16.8. The van der Waals surface area contributed by atoms with Crippen molar-refractivity contribution < 1.29 is 9.32 Å². The number of aryl methyl sites for hydroxylation is 1. The lowest BCUT2D eigenvalue weighted by atomic mass is 10.0. The van der Waals surface area contributed by atoms with Crippen molar-refractivity contribution in [1.29, 1.82) is 0 Å². The van der Waals surface area contributed by atoms with Crippen molar-refractivity contribution in [2.75, 3.05) is 13.1 Å². The monoisotopic (exact) mass is 350 g/mol. The minimum Gasteiger partial charge on any atom is -0.336 e. The highest BCUT2D eigenvalue weighted by molar-refractivity contribution is 5.90. The maximum Gasteiger partial charge on any atom is 0.291 e. The molecule has 3 aromatic rings. The maximum absolute atomic E-state index is 12.4. The molecule has 0 spiro atoms. The maximum atomic E-state index is 12.4. The van der Waals surface area contributed by atoms with Gasteiger partial charge in [0, 0.05) is 44.3 Å². The third kappa shape index (κ3) is 3.58. The summed E-state index contributed by atoms with van der Waals surface area (Å²) in [5.74, 6) is 1.74. The van der Waals surface area contributed by atoms with Crippen LogP contribution in [0, 0.1) is 5.92 Å². The van der Waals surface area contributed by atoms with E-state index in [0.29, 0.717) is 24.2 Å². The van der Waals surface area contributed by atoms with Crippen molar-refractivity contribution in [1.82, 2.24) is 30.0 Å². The molecule has 26 heavy (non-hydrogen) atoms. The first-order valence-electron chi connectivity index (χ1n) is 8.59. The van der Waals surface area contributed by atoms with Crippen molar-refractivity contribution in [3.63, 3.8) is 0 Å². The van der Waals surface area contributed by atoms with Gasteiger partial charge in [0.15, 0.2) is 5.82 Å². The Bertz CT molecular complexity index is 868. The van der Waals surface area contributed by atoms with Gasteiger partial charge >= 0.3 is 0 Å². The number of likely N-dealkylation sites (tertiary alicyclic amines) is 1. The van der Waals surface area contributed by atoms with Gasteiger partial charge in [-0.15, -0.1) is 0 Å². The summed E-state index contributed by atoms with van der Waals surface area (Å²) in [4.78, 5) is 30.7. The molecule has 1 aliphatic heterocycles. The van der Waals surface area contributed by atoms with Crippen LogP contribution in [-0.2, 0) is 6.42 Å². The molecule has 4 heterocycles. The molecule has 1 atom stereocenters. The SMILES string of the molecule is O=C(c1ncccn1)N1CCC(CCc2noc(-c3cccnc3)n2)C1. The van der Waals surface area contributed by atoms with Crippen molar-refractivity contribution in [3.05, 3.63) is 54.6 Å². The molecular weight excluding hydrogens is 332 g/mol. The molecule has 0 aromatic carbocycles. The zero-order valence-corrected chi connectivity index (χ0v) is 14.2. The molecule has 0 aliphatic carbocycles. The van der Waals surface area contributed by atoms with Crippen LogP contribution in [-0.4, -0.2) is 49.0 Å². The summed E-state index contributed by atoms with van der Waals surface area (Å²) in [6, 6.07) is 5.42. The number of amides is 1. The van der Waals surface area contributed by atoms with Crippen LogP contribution in [0.3, 0.4) is 0 Å². The van der Waals surface area contributed by atoms with E-state index >= 15 is 0 Å². The van der Waals surface area contributed by atoms with Crippen LogP contribution in [0.4, 0.5) is 0 Å². The smallest absolute Gasteiger partial charge is 0.291 e. The number of carbonyl (C=O) groups excluding carboxylic acids is 1. The molecule has 0 saturated carbocycles. The average Bonchev–Trinajstić information content (AvgIpc) is 3.37. The predicted molar refractivity (Wildman–Crippen MR) is 91.9 cm³/mol. The second-order valence-electron chi connectivity index (χ2n) is 6.27. The van der Waals surface area contributed by atoms with Crippen LogP contribution in [0.1, 0.15) is 29.3 Å². The highest BCUT2D eigenvalue weighted by Crippen LogP contribution is 2.23. The minimum atomic E-state index is -0.105. The van der Waals surface area contributed by atoms with E-state index in [9.17, 15) is 4.79 Å². The summed E-state index contributed by atoms with van der Waals surface area (Å²) in [5, 5.41) is 4.04. The molecule has 8 heteroatoms. The quantitative estimate of drug-likeness (QED) is 0.694. The molecular formula is C18H18N6O2. The van der Waals surface area contributed by atoms with Crippen LogP contribution in [0.5, 0.6) is 0 Å². The fourth-order valence-electron chi connectivity index (χ4n) is 3.10. The van der Waals surface area contributed by atoms with Gasteiger partial charge in [0.05, 0.1) is 5.56 Å². The van der Waals surface area contributed by atoms with E-state index in [-0.39, 0.29) is 11.7 Å². The van der Waals surface area contributed by atoms with Gasteiger partial charge in [0.25, 0.3) is 11.8 Å². The number of pyridine rings is 1. The van der Waals surface area contributed by atoms with Crippen LogP contribution in [0.2, 0.25) is 0 Å². The number of hydrogen-bond acceptors (Lipinski definition) is 7. The molecule has 3 aromatic heterocycles. The van der Waals surface area contributed by atoms with Gasteiger partial charge < -0.3 is 9.42 Å². The summed E-state index contributed by atoms with van der Waals surface area (Å²) in [5.41, 5.74) is 0.812. The van der Waals surface area contributed by atoms with E-state index < -0.39 is 0 Å². The van der Waals surface area contributed by atoms with E-state index in [1.807, 2.05) is 17.0 Å². The fraction of sp³-hybridized carbons (Fsp3) is 0.333. The Balaban J connectivity index is 1.31. The molecule has 1 fully saturated rings. The van der Waals surface area contributed by atoms with E-state index in [4.69, 9.17) is 4.52 Å². The molecule has 1 amide bonds. The first-order valence-corrected chi connectivity index (χ1v) is 8.59. The third-order valence-electron chi connectivity index (χ3n) is 4.48. The van der Waals surface area contributed by atoms with Crippen molar-refractivity contribution >= 4 is 5.91 Å². The second kappa shape index (κ2) is 7.38. The fourth-order valence-corrected chi connectivity index (χ4v) is 3.10. The van der Waals surface area contributed by atoms with Crippen molar-refractivity contribution in [3.8, 4) is 11.5 Å². The molecule has 0 bridgehead atoms. The number of rotatable bonds is 5. The summed E-state index contributed by atoms with van der Waals surface area (Å²) in [6.07, 6.45) is 9.17. The molecule has 1 saturated heterocycles. The Morgan fingerprint density at radius 3 is 2.92 bits per heavy atom. The van der Waals surface area contributed by atoms with Gasteiger partial charge in [-0.3, -0.25) is 9.78 Å². The van der Waals surface area contributed by atoms with Crippen LogP contribution < -0.4 is 0 Å². The molecule has 1 unspecified atom stereocenters. The van der Waals surface area contributed by atoms with E-state index in [1.165, 1.54) is 0 Å². The molecule has 1 aliphatic rings. The molecule has 0 N–H and O–H groups in total.